The highest BCUT2D eigenvalue weighted by Gasteiger charge is 2.44. The van der Waals surface area contributed by atoms with Gasteiger partial charge >= 0.3 is 0 Å². The number of nitriles is 1. The monoisotopic (exact) mass is 193 g/mol. The zero-order valence-corrected chi connectivity index (χ0v) is 8.34. The summed E-state index contributed by atoms with van der Waals surface area (Å²) >= 11 is 1.36. The molecule has 1 heterocycles. The van der Waals surface area contributed by atoms with Crippen LogP contribution >= 0.6 is 11.5 Å². The predicted molar refractivity (Wildman–Crippen MR) is 50.2 cm³/mol. The lowest BCUT2D eigenvalue weighted by molar-refractivity contribution is 0.429. The summed E-state index contributed by atoms with van der Waals surface area (Å²) in [5.74, 6) is 0.422. The van der Waals surface area contributed by atoms with E-state index in [2.05, 4.69) is 22.4 Å². The third-order valence-electron chi connectivity index (χ3n) is 2.99. The lowest BCUT2D eigenvalue weighted by Crippen LogP contribution is -2.26. The Kier molecular flexibility index (Phi) is 2.04. The van der Waals surface area contributed by atoms with Gasteiger partial charge in [0.15, 0.2) is 0 Å². The molecular weight excluding hydrogens is 182 g/mol. The molecule has 1 fully saturated rings. The molecule has 0 aliphatic heterocycles. The molecule has 1 saturated carbocycles. The maximum absolute atomic E-state index is 9.25. The third-order valence-corrected chi connectivity index (χ3v) is 3.83. The van der Waals surface area contributed by atoms with E-state index in [4.69, 9.17) is 0 Å². The summed E-state index contributed by atoms with van der Waals surface area (Å²) in [7, 11) is 0. The van der Waals surface area contributed by atoms with Gasteiger partial charge in [-0.15, -0.1) is 0 Å². The maximum atomic E-state index is 9.25. The average molecular weight is 193 g/mol. The van der Waals surface area contributed by atoms with E-state index in [-0.39, 0.29) is 5.41 Å². The Hall–Kier alpha value is -0.950. The van der Waals surface area contributed by atoms with E-state index in [0.717, 1.165) is 24.3 Å². The van der Waals surface area contributed by atoms with E-state index < -0.39 is 0 Å². The molecule has 2 unspecified atom stereocenters. The minimum absolute atomic E-state index is 0.332. The van der Waals surface area contributed by atoms with E-state index in [1.54, 1.807) is 6.33 Å². The van der Waals surface area contributed by atoms with Gasteiger partial charge in [0.2, 0.25) is 0 Å². The first-order chi connectivity index (χ1) is 6.29. The van der Waals surface area contributed by atoms with Gasteiger partial charge in [-0.3, -0.25) is 0 Å². The molecule has 0 radical (unpaired) electrons. The molecule has 1 aromatic heterocycles. The van der Waals surface area contributed by atoms with Crippen molar-refractivity contribution in [2.75, 3.05) is 0 Å². The highest BCUT2D eigenvalue weighted by Crippen LogP contribution is 2.45. The Morgan fingerprint density at radius 1 is 1.77 bits per heavy atom. The van der Waals surface area contributed by atoms with Gasteiger partial charge in [-0.05, 0) is 30.3 Å². The van der Waals surface area contributed by atoms with Crippen molar-refractivity contribution in [2.24, 2.45) is 5.92 Å². The van der Waals surface area contributed by atoms with Gasteiger partial charge in [-0.2, -0.15) is 9.64 Å². The fourth-order valence-electron chi connectivity index (χ4n) is 2.08. The third kappa shape index (κ3) is 1.15. The lowest BCUT2D eigenvalue weighted by atomic mass is 9.81. The quantitative estimate of drug-likeness (QED) is 0.686. The Balaban J connectivity index is 2.42. The van der Waals surface area contributed by atoms with Crippen LogP contribution in [0.4, 0.5) is 0 Å². The van der Waals surface area contributed by atoms with Crippen molar-refractivity contribution >= 4 is 11.5 Å². The second-order valence-electron chi connectivity index (χ2n) is 3.62. The number of hydrogen-bond donors (Lipinski definition) is 0. The average Bonchev–Trinajstić information content (AvgIpc) is 2.73. The molecule has 4 heteroatoms. The molecule has 0 N–H and O–H groups in total. The van der Waals surface area contributed by atoms with Crippen LogP contribution < -0.4 is 0 Å². The lowest BCUT2D eigenvalue weighted by Gasteiger charge is -2.22. The SMILES string of the molecule is CC1CCCC1(C#N)c1ncns1. The van der Waals surface area contributed by atoms with Crippen LogP contribution in [-0.2, 0) is 5.41 Å². The van der Waals surface area contributed by atoms with Gasteiger partial charge in [0.25, 0.3) is 0 Å². The maximum Gasteiger partial charge on any atom is 0.134 e. The Bertz CT molecular complexity index is 327. The molecule has 68 valence electrons. The number of aromatic nitrogens is 2. The summed E-state index contributed by atoms with van der Waals surface area (Å²) < 4.78 is 3.97. The Labute approximate surface area is 81.6 Å². The summed E-state index contributed by atoms with van der Waals surface area (Å²) in [5.41, 5.74) is -0.332. The molecule has 13 heavy (non-hydrogen) atoms. The normalized spacial score (nSPS) is 33.1. The summed E-state index contributed by atoms with van der Waals surface area (Å²) in [6.07, 6.45) is 4.76. The van der Waals surface area contributed by atoms with Gasteiger partial charge in [0.1, 0.15) is 16.7 Å². The smallest absolute Gasteiger partial charge is 0.134 e. The summed E-state index contributed by atoms with van der Waals surface area (Å²) in [4.78, 5) is 4.18. The van der Waals surface area contributed by atoms with Crippen molar-refractivity contribution in [2.45, 2.75) is 31.6 Å². The fraction of sp³-hybridized carbons (Fsp3) is 0.667. The highest BCUT2D eigenvalue weighted by atomic mass is 32.1. The van der Waals surface area contributed by atoms with Crippen LogP contribution in [0.15, 0.2) is 6.33 Å². The molecule has 1 aliphatic carbocycles. The Morgan fingerprint density at radius 2 is 2.62 bits per heavy atom. The van der Waals surface area contributed by atoms with Gasteiger partial charge in [-0.1, -0.05) is 13.3 Å². The van der Waals surface area contributed by atoms with Crippen LogP contribution in [0.5, 0.6) is 0 Å². The van der Waals surface area contributed by atoms with Crippen molar-refractivity contribution in [1.29, 1.82) is 5.26 Å². The molecule has 0 spiro atoms. The first-order valence-corrected chi connectivity index (χ1v) is 5.25. The molecule has 0 saturated heterocycles. The first-order valence-electron chi connectivity index (χ1n) is 4.48. The zero-order valence-electron chi connectivity index (χ0n) is 7.53. The van der Waals surface area contributed by atoms with Crippen molar-refractivity contribution in [3.63, 3.8) is 0 Å². The molecule has 0 bridgehead atoms. The van der Waals surface area contributed by atoms with Crippen LogP contribution in [-0.4, -0.2) is 9.36 Å². The number of nitrogens with zero attached hydrogens (tertiary/aromatic N) is 3. The van der Waals surface area contributed by atoms with Crippen molar-refractivity contribution in [1.82, 2.24) is 9.36 Å². The van der Waals surface area contributed by atoms with E-state index >= 15 is 0 Å². The zero-order chi connectivity index (χ0) is 9.31. The van der Waals surface area contributed by atoms with Gasteiger partial charge in [0.05, 0.1) is 6.07 Å². The number of rotatable bonds is 1. The minimum Gasteiger partial charge on any atom is -0.226 e. The topological polar surface area (TPSA) is 49.6 Å². The van der Waals surface area contributed by atoms with Crippen molar-refractivity contribution < 1.29 is 0 Å². The molecule has 0 aromatic carbocycles. The Morgan fingerprint density at radius 3 is 3.08 bits per heavy atom. The van der Waals surface area contributed by atoms with Gasteiger partial charge < -0.3 is 0 Å². The van der Waals surface area contributed by atoms with Gasteiger partial charge in [-0.25, -0.2) is 4.98 Å². The van der Waals surface area contributed by atoms with E-state index in [1.165, 1.54) is 11.5 Å². The standard InChI is InChI=1S/C9H11N3S/c1-7-3-2-4-9(7,5-10)8-11-6-12-13-8/h6-7H,2-4H2,1H3. The van der Waals surface area contributed by atoms with Crippen LogP contribution in [0.25, 0.3) is 0 Å². The minimum atomic E-state index is -0.332. The molecule has 1 aromatic rings. The first kappa shape index (κ1) is 8.64. The summed E-state index contributed by atoms with van der Waals surface area (Å²) in [5, 5.41) is 10.2. The van der Waals surface area contributed by atoms with Crippen LogP contribution in [0, 0.1) is 17.2 Å². The molecular formula is C9H11N3S. The summed E-state index contributed by atoms with van der Waals surface area (Å²) in [6.45, 7) is 2.14. The molecule has 2 rings (SSSR count). The largest absolute Gasteiger partial charge is 0.226 e. The predicted octanol–water partition coefficient (Wildman–Crippen LogP) is 2.12. The summed E-state index contributed by atoms with van der Waals surface area (Å²) in [6, 6.07) is 2.44. The second-order valence-corrected chi connectivity index (χ2v) is 4.40. The van der Waals surface area contributed by atoms with Crippen LogP contribution in [0.1, 0.15) is 31.2 Å². The van der Waals surface area contributed by atoms with Crippen LogP contribution in [0.3, 0.4) is 0 Å². The molecule has 0 amide bonds. The van der Waals surface area contributed by atoms with E-state index in [0.29, 0.717) is 5.92 Å². The van der Waals surface area contributed by atoms with Crippen molar-refractivity contribution in [3.8, 4) is 6.07 Å². The van der Waals surface area contributed by atoms with E-state index in [9.17, 15) is 5.26 Å². The molecule has 1 aliphatic rings. The molecule has 3 nitrogen and oxygen atoms in total. The fourth-order valence-corrected chi connectivity index (χ4v) is 2.88. The van der Waals surface area contributed by atoms with Crippen LogP contribution in [0.2, 0.25) is 0 Å². The second kappa shape index (κ2) is 3.08. The van der Waals surface area contributed by atoms with Crippen molar-refractivity contribution in [3.05, 3.63) is 11.3 Å². The highest BCUT2D eigenvalue weighted by molar-refractivity contribution is 7.05. The van der Waals surface area contributed by atoms with E-state index in [1.807, 2.05) is 0 Å². The number of hydrogen-bond acceptors (Lipinski definition) is 4. The van der Waals surface area contributed by atoms with Gasteiger partial charge in [0, 0.05) is 0 Å². The molecule has 2 atom stereocenters.